The summed E-state index contributed by atoms with van der Waals surface area (Å²) in [5, 5.41) is 1.06. The normalized spacial score (nSPS) is 25.5. The highest BCUT2D eigenvalue weighted by Gasteiger charge is 2.25. The highest BCUT2D eigenvalue weighted by molar-refractivity contribution is 7.21. The Morgan fingerprint density at radius 3 is 2.77 bits per heavy atom. The Morgan fingerprint density at radius 2 is 2.00 bits per heavy atom. The molecule has 6 heteroatoms. The minimum atomic E-state index is -0.730. The number of anilines is 1. The van der Waals surface area contributed by atoms with Crippen LogP contribution in [0.1, 0.15) is 12.8 Å². The molecule has 0 spiro atoms. The minimum Gasteiger partial charge on any atom is -0.368 e. The second kappa shape index (κ2) is 6.27. The van der Waals surface area contributed by atoms with Crippen molar-refractivity contribution in [3.05, 3.63) is 41.8 Å². The van der Waals surface area contributed by atoms with E-state index in [9.17, 15) is 8.78 Å². The van der Waals surface area contributed by atoms with E-state index in [-0.39, 0.29) is 0 Å². The first-order chi connectivity index (χ1) is 12.7. The molecular weight excluding hydrogens is 352 g/mol. The summed E-state index contributed by atoms with van der Waals surface area (Å²) >= 11 is 1.70. The van der Waals surface area contributed by atoms with Crippen LogP contribution < -0.4 is 14.8 Å². The molecule has 4 aliphatic rings. The fraction of sp³-hybridized carbons (Fsp3) is 0.400. The van der Waals surface area contributed by atoms with Crippen LogP contribution in [0, 0.1) is 0 Å². The maximum atomic E-state index is 13.5. The lowest BCUT2D eigenvalue weighted by Crippen LogP contribution is -2.27. The Kier molecular flexibility index (Phi) is 3.89. The maximum Gasteiger partial charge on any atom is 0.201 e. The van der Waals surface area contributed by atoms with Gasteiger partial charge in [0.25, 0.3) is 0 Å². The number of alkyl halides is 2. The number of nitrogens with zero attached hydrogens (tertiary/aromatic N) is 3. The summed E-state index contributed by atoms with van der Waals surface area (Å²) in [4.78, 5) is 7.97. The largest absolute Gasteiger partial charge is 0.368 e. The number of rotatable bonds is 1. The zero-order valence-electron chi connectivity index (χ0n) is 14.4. The third-order valence-electron chi connectivity index (χ3n) is 5.34. The lowest BCUT2D eigenvalue weighted by molar-refractivity contribution is 0.357. The molecule has 1 aromatic carbocycles. The van der Waals surface area contributed by atoms with Gasteiger partial charge in [-0.3, -0.25) is 0 Å². The maximum absolute atomic E-state index is 13.5. The first kappa shape index (κ1) is 16.1. The summed E-state index contributed by atoms with van der Waals surface area (Å²) < 4.78 is 30.2. The topological polar surface area (TPSA) is 19.1 Å². The highest BCUT2D eigenvalue weighted by atomic mass is 32.1. The molecular formula is C20H20F2N3S+. The summed E-state index contributed by atoms with van der Waals surface area (Å²) in [7, 11) is 0. The molecule has 2 fully saturated rings. The lowest BCUT2D eigenvalue weighted by Gasteiger charge is -2.18. The van der Waals surface area contributed by atoms with Gasteiger partial charge in [-0.25, -0.2) is 18.3 Å². The lowest BCUT2D eigenvalue weighted by atomic mass is 10.2. The van der Waals surface area contributed by atoms with Gasteiger partial charge in [0, 0.05) is 37.3 Å². The first-order valence-corrected chi connectivity index (χ1v) is 9.93. The van der Waals surface area contributed by atoms with Crippen molar-refractivity contribution < 1.29 is 8.78 Å². The summed E-state index contributed by atoms with van der Waals surface area (Å²) in [6.45, 7) is 2.48. The van der Waals surface area contributed by atoms with Crippen molar-refractivity contribution >= 4 is 27.2 Å². The molecule has 2 saturated heterocycles. The predicted molar refractivity (Wildman–Crippen MR) is 102 cm³/mol. The van der Waals surface area contributed by atoms with Crippen LogP contribution in [0.4, 0.5) is 14.5 Å². The van der Waals surface area contributed by atoms with E-state index >= 15 is 0 Å². The summed E-state index contributed by atoms with van der Waals surface area (Å²) in [5.74, 6) is 0. The van der Waals surface area contributed by atoms with E-state index in [1.165, 1.54) is 0 Å². The van der Waals surface area contributed by atoms with E-state index in [4.69, 9.17) is 4.98 Å². The molecule has 26 heavy (non-hydrogen) atoms. The quantitative estimate of drug-likeness (QED) is 0.481. The van der Waals surface area contributed by atoms with Crippen molar-refractivity contribution in [1.82, 2.24) is 9.56 Å². The van der Waals surface area contributed by atoms with E-state index in [0.29, 0.717) is 25.9 Å². The fourth-order valence-electron chi connectivity index (χ4n) is 3.90. The third kappa shape index (κ3) is 2.86. The van der Waals surface area contributed by atoms with Gasteiger partial charge in [0.2, 0.25) is 5.36 Å². The molecule has 3 heterocycles. The Balaban J connectivity index is 1.60. The van der Waals surface area contributed by atoms with Gasteiger partial charge >= 0.3 is 0 Å². The van der Waals surface area contributed by atoms with Crippen molar-refractivity contribution in [2.24, 2.45) is 0 Å². The summed E-state index contributed by atoms with van der Waals surface area (Å²) in [6, 6.07) is 12.3. The smallest absolute Gasteiger partial charge is 0.201 e. The highest BCUT2D eigenvalue weighted by Crippen LogP contribution is 2.33. The Morgan fingerprint density at radius 1 is 1.08 bits per heavy atom. The molecule has 0 N–H and O–H groups in total. The van der Waals surface area contributed by atoms with Crippen molar-refractivity contribution in [2.45, 2.75) is 25.2 Å². The zero-order valence-corrected chi connectivity index (χ0v) is 15.2. The molecule has 3 nitrogen and oxygen atoms in total. The molecule has 1 aliphatic carbocycles. The molecule has 0 amide bonds. The van der Waals surface area contributed by atoms with Crippen molar-refractivity contribution in [2.75, 3.05) is 31.1 Å². The van der Waals surface area contributed by atoms with Gasteiger partial charge in [0.05, 0.1) is 20.8 Å². The molecule has 0 bridgehead atoms. The summed E-state index contributed by atoms with van der Waals surface area (Å²) in [5.41, 5.74) is 2.98. The number of hydrogen-bond acceptors (Lipinski definition) is 3. The van der Waals surface area contributed by atoms with Crippen LogP contribution in [0.5, 0.6) is 0 Å². The SMILES string of the molecule is FC1CCN(c2ccc3nc4ccc(=[N+]5CCC(F)C5)cc-4sc3c2)C1. The van der Waals surface area contributed by atoms with Gasteiger partial charge in [-0.2, -0.15) is 0 Å². The van der Waals surface area contributed by atoms with Crippen molar-refractivity contribution in [3.8, 4) is 10.6 Å². The Labute approximate surface area is 154 Å². The van der Waals surface area contributed by atoms with Crippen LogP contribution >= 0.6 is 11.3 Å². The van der Waals surface area contributed by atoms with E-state index in [1.54, 1.807) is 11.3 Å². The molecule has 2 unspecified atom stereocenters. The van der Waals surface area contributed by atoms with Crippen molar-refractivity contribution in [1.29, 1.82) is 0 Å². The van der Waals surface area contributed by atoms with Crippen LogP contribution in [-0.2, 0) is 0 Å². The monoisotopic (exact) mass is 372 g/mol. The average Bonchev–Trinajstić information content (AvgIpc) is 3.27. The van der Waals surface area contributed by atoms with Gasteiger partial charge in [-0.05, 0) is 30.7 Å². The molecule has 5 rings (SSSR count). The zero-order chi connectivity index (χ0) is 17.7. The average molecular weight is 372 g/mol. The molecule has 2 atom stereocenters. The van der Waals surface area contributed by atoms with Gasteiger partial charge in [-0.15, -0.1) is 11.3 Å². The van der Waals surface area contributed by atoms with E-state index in [1.807, 2.05) is 24.3 Å². The van der Waals surface area contributed by atoms with Crippen LogP contribution in [0.2, 0.25) is 0 Å². The van der Waals surface area contributed by atoms with Crippen LogP contribution in [0.3, 0.4) is 0 Å². The van der Waals surface area contributed by atoms with E-state index in [2.05, 4.69) is 21.6 Å². The second-order valence-electron chi connectivity index (χ2n) is 7.18. The minimum absolute atomic E-state index is 0.473. The number of hydrogen-bond donors (Lipinski definition) is 0. The fourth-order valence-corrected chi connectivity index (χ4v) is 4.93. The number of halogens is 2. The number of benzene rings is 2. The van der Waals surface area contributed by atoms with E-state index < -0.39 is 12.3 Å². The molecule has 3 aliphatic heterocycles. The number of fused-ring (bicyclic) bond motifs is 2. The molecule has 134 valence electrons. The predicted octanol–water partition coefficient (Wildman–Crippen LogP) is 3.46. The van der Waals surface area contributed by atoms with Crippen LogP contribution in [0.25, 0.3) is 20.8 Å². The molecule has 0 saturated carbocycles. The van der Waals surface area contributed by atoms with Gasteiger partial charge in [-0.1, -0.05) is 0 Å². The molecule has 0 aromatic heterocycles. The third-order valence-corrected chi connectivity index (χ3v) is 6.43. The Hall–Kier alpha value is -2.08. The van der Waals surface area contributed by atoms with Gasteiger partial charge in [0.1, 0.15) is 12.7 Å². The standard InChI is InChI=1S/C20H20F2N3S/c21-13-5-7-24(11-13)15-1-3-17-19(9-15)26-20-10-16(2-4-18(20)23-17)25-8-6-14(22)12-25/h1-4,9-10,13-14H,5-8,11-12H2/q+1. The summed E-state index contributed by atoms with van der Waals surface area (Å²) in [6.07, 6.45) is -0.254. The van der Waals surface area contributed by atoms with Crippen LogP contribution in [-0.4, -0.2) is 43.5 Å². The van der Waals surface area contributed by atoms with Gasteiger partial charge in [0.15, 0.2) is 12.7 Å². The number of aromatic nitrogens is 1. The van der Waals surface area contributed by atoms with Crippen LogP contribution in [0.15, 0.2) is 36.4 Å². The Bertz CT molecular complexity index is 1020. The van der Waals surface area contributed by atoms with E-state index in [0.717, 1.165) is 44.9 Å². The first-order valence-electron chi connectivity index (χ1n) is 9.11. The molecule has 1 aromatic rings. The van der Waals surface area contributed by atoms with Crippen molar-refractivity contribution in [3.63, 3.8) is 0 Å². The van der Waals surface area contributed by atoms with Gasteiger partial charge < -0.3 is 4.90 Å². The second-order valence-corrected chi connectivity index (χ2v) is 8.27. The molecule has 0 radical (unpaired) electrons.